The minimum atomic E-state index is -0.358. The highest BCUT2D eigenvalue weighted by Gasteiger charge is 2.05. The van der Waals surface area contributed by atoms with Crippen LogP contribution in [0.3, 0.4) is 0 Å². The minimum absolute atomic E-state index is 0.304. The Hall–Kier alpha value is -2.47. The van der Waals surface area contributed by atoms with Crippen molar-refractivity contribution < 1.29 is 8.91 Å². The lowest BCUT2D eigenvalue weighted by molar-refractivity contribution is 0.428. The van der Waals surface area contributed by atoms with Gasteiger partial charge in [-0.1, -0.05) is 17.3 Å². The topological polar surface area (TPSA) is 50.1 Å². The fourth-order valence-electron chi connectivity index (χ4n) is 1.79. The third kappa shape index (κ3) is 2.60. The van der Waals surface area contributed by atoms with Gasteiger partial charge in [-0.2, -0.15) is 0 Å². The molecule has 100 valence electrons. The fraction of sp³-hybridized carbons (Fsp3) is 0. The average Bonchev–Trinajstić information content (AvgIpc) is 2.89. The van der Waals surface area contributed by atoms with Crippen molar-refractivity contribution in [2.45, 2.75) is 0 Å². The van der Waals surface area contributed by atoms with Gasteiger partial charge in [0.05, 0.1) is 5.69 Å². The molecular weight excluding hydrogens is 277 g/mol. The summed E-state index contributed by atoms with van der Waals surface area (Å²) < 4.78 is 18.3. The summed E-state index contributed by atoms with van der Waals surface area (Å²) in [6, 6.07) is 11.8. The third-order valence-corrected chi connectivity index (χ3v) is 2.95. The largest absolute Gasteiger partial charge is 0.364 e. The van der Waals surface area contributed by atoms with Crippen LogP contribution in [0, 0.1) is 5.82 Å². The van der Waals surface area contributed by atoms with Gasteiger partial charge in [-0.15, -0.1) is 0 Å². The van der Waals surface area contributed by atoms with Crippen LogP contribution in [0.2, 0.25) is 0 Å². The molecule has 0 fully saturated rings. The van der Waals surface area contributed by atoms with Crippen LogP contribution in [0.5, 0.6) is 0 Å². The molecule has 20 heavy (non-hydrogen) atoms. The summed E-state index contributed by atoms with van der Waals surface area (Å²) in [5.74, 6) is -0.358. The standard InChI is InChI=1S/C14H10FN3OS/c15-11-3-1-2-4-12(11)17-14(20)16-10-6-5-9-8-19-18-13(9)7-10/h1-8H,(H2,16,17,20). The van der Waals surface area contributed by atoms with Gasteiger partial charge in [-0.3, -0.25) is 0 Å². The maximum Gasteiger partial charge on any atom is 0.175 e. The Kier molecular flexibility index (Phi) is 3.30. The van der Waals surface area contributed by atoms with Crippen molar-refractivity contribution in [3.8, 4) is 0 Å². The molecule has 0 aliphatic heterocycles. The molecule has 2 N–H and O–H groups in total. The Bertz CT molecular complexity index is 772. The van der Waals surface area contributed by atoms with Crippen LogP contribution >= 0.6 is 12.2 Å². The van der Waals surface area contributed by atoms with Crippen molar-refractivity contribution >= 4 is 39.6 Å². The van der Waals surface area contributed by atoms with Gasteiger partial charge in [0.1, 0.15) is 17.6 Å². The first-order chi connectivity index (χ1) is 9.72. The second-order valence-electron chi connectivity index (χ2n) is 4.15. The molecule has 4 nitrogen and oxygen atoms in total. The zero-order chi connectivity index (χ0) is 13.9. The van der Waals surface area contributed by atoms with Crippen LogP contribution in [0.15, 0.2) is 53.3 Å². The van der Waals surface area contributed by atoms with Crippen molar-refractivity contribution in [3.05, 3.63) is 54.5 Å². The van der Waals surface area contributed by atoms with Crippen molar-refractivity contribution in [2.24, 2.45) is 0 Å². The highest BCUT2D eigenvalue weighted by atomic mass is 32.1. The van der Waals surface area contributed by atoms with E-state index in [1.807, 2.05) is 12.1 Å². The van der Waals surface area contributed by atoms with E-state index < -0.39 is 0 Å². The normalized spacial score (nSPS) is 10.4. The number of benzene rings is 2. The number of halogens is 1. The van der Waals surface area contributed by atoms with E-state index in [2.05, 4.69) is 15.8 Å². The zero-order valence-electron chi connectivity index (χ0n) is 10.3. The minimum Gasteiger partial charge on any atom is -0.364 e. The number of thiocarbonyl (C=S) groups is 1. The zero-order valence-corrected chi connectivity index (χ0v) is 11.1. The lowest BCUT2D eigenvalue weighted by Crippen LogP contribution is -2.19. The van der Waals surface area contributed by atoms with Gasteiger partial charge in [-0.25, -0.2) is 4.39 Å². The van der Waals surface area contributed by atoms with Crippen LogP contribution in [0.1, 0.15) is 0 Å². The number of rotatable bonds is 2. The predicted molar refractivity (Wildman–Crippen MR) is 80.3 cm³/mol. The third-order valence-electron chi connectivity index (χ3n) is 2.74. The molecule has 0 radical (unpaired) electrons. The number of hydrogen-bond donors (Lipinski definition) is 2. The van der Waals surface area contributed by atoms with E-state index in [9.17, 15) is 4.39 Å². The lowest BCUT2D eigenvalue weighted by Gasteiger charge is -2.10. The number of anilines is 2. The number of fused-ring (bicyclic) bond motifs is 1. The van der Waals surface area contributed by atoms with E-state index >= 15 is 0 Å². The molecule has 0 saturated carbocycles. The molecule has 0 atom stereocenters. The first kappa shape index (κ1) is 12.6. The molecule has 3 rings (SSSR count). The summed E-state index contributed by atoms with van der Waals surface area (Å²) in [6.45, 7) is 0. The average molecular weight is 287 g/mol. The van der Waals surface area contributed by atoms with Crippen LogP contribution in [-0.4, -0.2) is 10.3 Å². The van der Waals surface area contributed by atoms with Gasteiger partial charge in [0.15, 0.2) is 5.11 Å². The monoisotopic (exact) mass is 287 g/mol. The first-order valence-corrected chi connectivity index (χ1v) is 6.30. The second kappa shape index (κ2) is 5.26. The molecule has 0 spiro atoms. The Labute approximate surface area is 119 Å². The number of nitrogens with zero attached hydrogens (tertiary/aromatic N) is 1. The summed E-state index contributed by atoms with van der Waals surface area (Å²) in [6.07, 6.45) is 1.56. The quantitative estimate of drug-likeness (QED) is 0.703. The van der Waals surface area contributed by atoms with Crippen LogP contribution in [0.25, 0.3) is 10.9 Å². The molecule has 1 heterocycles. The van der Waals surface area contributed by atoms with Crippen LogP contribution < -0.4 is 10.6 Å². The maximum atomic E-state index is 13.5. The number of hydrogen-bond acceptors (Lipinski definition) is 3. The summed E-state index contributed by atoms with van der Waals surface area (Å²) in [7, 11) is 0. The van der Waals surface area contributed by atoms with E-state index in [1.165, 1.54) is 6.07 Å². The molecule has 0 bridgehead atoms. The van der Waals surface area contributed by atoms with Crippen molar-refractivity contribution in [3.63, 3.8) is 0 Å². The molecule has 0 aliphatic carbocycles. The van der Waals surface area contributed by atoms with Gasteiger partial charge < -0.3 is 15.2 Å². The van der Waals surface area contributed by atoms with E-state index in [1.54, 1.807) is 30.5 Å². The summed E-state index contributed by atoms with van der Waals surface area (Å²) in [5, 5.41) is 10.8. The predicted octanol–water partition coefficient (Wildman–Crippen LogP) is 3.78. The molecule has 0 aliphatic rings. The highest BCUT2D eigenvalue weighted by Crippen LogP contribution is 2.18. The number of para-hydroxylation sites is 1. The Morgan fingerprint density at radius 1 is 1.15 bits per heavy atom. The van der Waals surface area contributed by atoms with Crippen molar-refractivity contribution in [1.82, 2.24) is 5.16 Å². The van der Waals surface area contributed by atoms with Gasteiger partial charge in [0.25, 0.3) is 0 Å². The highest BCUT2D eigenvalue weighted by molar-refractivity contribution is 7.80. The number of nitrogens with one attached hydrogen (secondary N) is 2. The SMILES string of the molecule is Fc1ccccc1NC(=S)Nc1ccc2conc2c1. The molecule has 1 aromatic heterocycles. The van der Waals surface area contributed by atoms with E-state index in [4.69, 9.17) is 16.7 Å². The molecule has 3 aromatic rings. The molecular formula is C14H10FN3OS. The molecule has 6 heteroatoms. The molecule has 0 amide bonds. The van der Waals surface area contributed by atoms with Crippen molar-refractivity contribution in [1.29, 1.82) is 0 Å². The first-order valence-electron chi connectivity index (χ1n) is 5.89. The Balaban J connectivity index is 1.74. The van der Waals surface area contributed by atoms with Gasteiger partial charge in [0, 0.05) is 11.1 Å². The van der Waals surface area contributed by atoms with E-state index in [0.29, 0.717) is 10.8 Å². The van der Waals surface area contributed by atoms with E-state index in [0.717, 1.165) is 16.6 Å². The fourth-order valence-corrected chi connectivity index (χ4v) is 2.02. The molecule has 2 aromatic carbocycles. The van der Waals surface area contributed by atoms with Crippen LogP contribution in [-0.2, 0) is 0 Å². The molecule has 0 unspecified atom stereocenters. The smallest absolute Gasteiger partial charge is 0.175 e. The van der Waals surface area contributed by atoms with Crippen LogP contribution in [0.4, 0.5) is 15.8 Å². The summed E-state index contributed by atoms with van der Waals surface area (Å²) in [5.41, 5.74) is 1.80. The summed E-state index contributed by atoms with van der Waals surface area (Å²) >= 11 is 5.15. The van der Waals surface area contributed by atoms with Gasteiger partial charge >= 0.3 is 0 Å². The number of aromatic nitrogens is 1. The molecule has 0 saturated heterocycles. The Morgan fingerprint density at radius 3 is 2.85 bits per heavy atom. The van der Waals surface area contributed by atoms with Gasteiger partial charge in [-0.05, 0) is 42.5 Å². The summed E-state index contributed by atoms with van der Waals surface area (Å²) in [4.78, 5) is 0. The second-order valence-corrected chi connectivity index (χ2v) is 4.56. The van der Waals surface area contributed by atoms with Crippen molar-refractivity contribution in [2.75, 3.05) is 10.6 Å². The van der Waals surface area contributed by atoms with Gasteiger partial charge in [0.2, 0.25) is 0 Å². The lowest BCUT2D eigenvalue weighted by atomic mass is 10.2. The Morgan fingerprint density at radius 2 is 2.00 bits per heavy atom. The van der Waals surface area contributed by atoms with E-state index in [-0.39, 0.29) is 5.82 Å². The maximum absolute atomic E-state index is 13.5.